The number of hydrogen-bond acceptors (Lipinski definition) is 4. The largest absolute Gasteiger partial charge is 0.497 e. The van der Waals surface area contributed by atoms with E-state index in [2.05, 4.69) is 25.5 Å². The lowest BCUT2D eigenvalue weighted by molar-refractivity contribution is 0.415. The predicted octanol–water partition coefficient (Wildman–Crippen LogP) is 2.36. The second kappa shape index (κ2) is 8.15. The number of aryl methyl sites for hydroxylation is 1. The number of pyridine rings is 1. The third-order valence-electron chi connectivity index (χ3n) is 4.04. The normalized spacial score (nSPS) is 12.0. The Balaban J connectivity index is 1.62. The number of fused-ring (bicyclic) bond motifs is 1. The van der Waals surface area contributed by atoms with Crippen LogP contribution in [-0.2, 0) is 6.42 Å². The van der Waals surface area contributed by atoms with Crippen LogP contribution in [0.3, 0.4) is 0 Å². The second-order valence-electron chi connectivity index (χ2n) is 5.85. The number of guanidine groups is 1. The minimum atomic E-state index is 0.281. The van der Waals surface area contributed by atoms with Crippen molar-refractivity contribution in [3.05, 3.63) is 59.5 Å². The summed E-state index contributed by atoms with van der Waals surface area (Å²) >= 11 is 0. The van der Waals surface area contributed by atoms with E-state index in [9.17, 15) is 0 Å². The molecule has 0 amide bonds. The number of aromatic amines is 1. The Morgan fingerprint density at radius 2 is 2.15 bits per heavy atom. The van der Waals surface area contributed by atoms with E-state index < -0.39 is 0 Å². The summed E-state index contributed by atoms with van der Waals surface area (Å²) < 4.78 is 5.33. The molecular weight excluding hydrogens is 328 g/mol. The number of methoxy groups -OCH3 is 1. The lowest BCUT2D eigenvalue weighted by Crippen LogP contribution is -2.27. The first-order valence-corrected chi connectivity index (χ1v) is 8.31. The van der Waals surface area contributed by atoms with Crippen LogP contribution in [0, 0.1) is 6.92 Å². The number of benzene rings is 1. The predicted molar refractivity (Wildman–Crippen MR) is 105 cm³/mol. The summed E-state index contributed by atoms with van der Waals surface area (Å²) in [7, 11) is 1.66. The maximum Gasteiger partial charge on any atom is 0.209 e. The van der Waals surface area contributed by atoms with Crippen molar-refractivity contribution in [1.82, 2.24) is 15.4 Å². The van der Waals surface area contributed by atoms with Crippen molar-refractivity contribution >= 4 is 23.1 Å². The molecule has 0 bridgehead atoms. The van der Waals surface area contributed by atoms with Crippen LogP contribution in [0.5, 0.6) is 5.75 Å². The van der Waals surface area contributed by atoms with Gasteiger partial charge in [0.15, 0.2) is 0 Å². The van der Waals surface area contributed by atoms with E-state index in [1.807, 2.05) is 37.4 Å². The molecule has 26 heavy (non-hydrogen) atoms. The van der Waals surface area contributed by atoms with Crippen molar-refractivity contribution in [2.24, 2.45) is 15.8 Å². The van der Waals surface area contributed by atoms with E-state index in [0.29, 0.717) is 6.54 Å². The number of rotatable bonds is 6. The molecule has 2 aromatic heterocycles. The fraction of sp³-hybridized carbons (Fsp3) is 0.211. The Morgan fingerprint density at radius 3 is 2.92 bits per heavy atom. The summed E-state index contributed by atoms with van der Waals surface area (Å²) in [6.07, 6.45) is 7.95. The maximum atomic E-state index is 5.84. The third-order valence-corrected chi connectivity index (χ3v) is 4.04. The Bertz CT molecular complexity index is 930. The minimum absolute atomic E-state index is 0.281. The topological polar surface area (TPSA) is 101 Å². The van der Waals surface area contributed by atoms with Crippen molar-refractivity contribution in [1.29, 1.82) is 0 Å². The van der Waals surface area contributed by atoms with E-state index in [0.717, 1.165) is 34.2 Å². The van der Waals surface area contributed by atoms with Crippen LogP contribution in [0.4, 0.5) is 0 Å². The number of nitrogens with one attached hydrogen (secondary N) is 2. The minimum Gasteiger partial charge on any atom is -0.497 e. The van der Waals surface area contributed by atoms with Crippen LogP contribution < -0.4 is 15.9 Å². The van der Waals surface area contributed by atoms with Crippen molar-refractivity contribution in [2.45, 2.75) is 13.3 Å². The van der Waals surface area contributed by atoms with Crippen LogP contribution in [-0.4, -0.2) is 35.8 Å². The molecular formula is C19H22N6O. The highest BCUT2D eigenvalue weighted by atomic mass is 16.5. The number of hydrazone groups is 1. The molecule has 0 atom stereocenters. The summed E-state index contributed by atoms with van der Waals surface area (Å²) in [5.74, 6) is 1.10. The smallest absolute Gasteiger partial charge is 0.209 e. The van der Waals surface area contributed by atoms with Crippen molar-refractivity contribution < 1.29 is 4.74 Å². The SMILES string of the molecule is COc1cc(C)c2[nH]cc(/C=N/NC(N)=NCCc3ccncc3)c2c1. The average molecular weight is 350 g/mol. The second-order valence-corrected chi connectivity index (χ2v) is 5.85. The van der Waals surface area contributed by atoms with Gasteiger partial charge in [-0.1, -0.05) is 0 Å². The molecule has 0 saturated heterocycles. The molecule has 4 N–H and O–H groups in total. The zero-order valence-electron chi connectivity index (χ0n) is 14.9. The first kappa shape index (κ1) is 17.5. The number of aromatic nitrogens is 2. The standard InChI is InChI=1S/C19H22N6O/c1-13-9-16(26-2)10-17-15(11-23-18(13)17)12-24-25-19(20)22-8-5-14-3-6-21-7-4-14/h3-4,6-7,9-12,23H,5,8H2,1-2H3,(H3,20,22,25)/b24-12+. The molecule has 0 unspecified atom stereocenters. The molecule has 0 aliphatic rings. The van der Waals surface area contributed by atoms with Gasteiger partial charge >= 0.3 is 0 Å². The van der Waals surface area contributed by atoms with Gasteiger partial charge in [0.25, 0.3) is 0 Å². The number of nitrogens with two attached hydrogens (primary N) is 1. The highest BCUT2D eigenvalue weighted by Gasteiger charge is 2.06. The highest BCUT2D eigenvalue weighted by molar-refractivity contribution is 6.01. The first-order valence-electron chi connectivity index (χ1n) is 8.31. The van der Waals surface area contributed by atoms with Crippen LogP contribution >= 0.6 is 0 Å². The van der Waals surface area contributed by atoms with Crippen LogP contribution in [0.15, 0.2) is 52.9 Å². The van der Waals surface area contributed by atoms with Gasteiger partial charge in [0, 0.05) is 41.6 Å². The van der Waals surface area contributed by atoms with Crippen molar-refractivity contribution in [3.63, 3.8) is 0 Å². The van der Waals surface area contributed by atoms with Crippen molar-refractivity contribution in [3.8, 4) is 5.75 Å². The van der Waals surface area contributed by atoms with Gasteiger partial charge in [0.2, 0.25) is 5.96 Å². The zero-order valence-corrected chi connectivity index (χ0v) is 14.9. The maximum absolute atomic E-state index is 5.84. The molecule has 0 spiro atoms. The molecule has 7 nitrogen and oxygen atoms in total. The molecule has 1 aromatic carbocycles. The van der Waals surface area contributed by atoms with Gasteiger partial charge in [0.1, 0.15) is 5.75 Å². The molecule has 7 heteroatoms. The quantitative estimate of drug-likeness (QED) is 0.361. The van der Waals surface area contributed by atoms with Gasteiger partial charge in [-0.15, -0.1) is 0 Å². The lowest BCUT2D eigenvalue weighted by atomic mass is 10.1. The Labute approximate surface area is 152 Å². The molecule has 0 aliphatic heterocycles. The Kier molecular flexibility index (Phi) is 5.48. The molecule has 0 radical (unpaired) electrons. The monoisotopic (exact) mass is 350 g/mol. The molecule has 2 heterocycles. The van der Waals surface area contributed by atoms with Gasteiger partial charge in [-0.3, -0.25) is 9.98 Å². The number of H-pyrrole nitrogens is 1. The van der Waals surface area contributed by atoms with E-state index >= 15 is 0 Å². The van der Waals surface area contributed by atoms with Gasteiger partial charge in [0.05, 0.1) is 13.3 Å². The molecule has 3 rings (SSSR count). The number of nitrogens with zero attached hydrogens (tertiary/aromatic N) is 3. The molecule has 0 saturated carbocycles. The van der Waals surface area contributed by atoms with E-state index in [1.165, 1.54) is 5.56 Å². The summed E-state index contributed by atoms with van der Waals surface area (Å²) in [5, 5.41) is 5.22. The summed E-state index contributed by atoms with van der Waals surface area (Å²) in [6, 6.07) is 7.90. The average Bonchev–Trinajstić information content (AvgIpc) is 3.06. The fourth-order valence-corrected chi connectivity index (χ4v) is 2.68. The van der Waals surface area contributed by atoms with Crippen LogP contribution in [0.1, 0.15) is 16.7 Å². The summed E-state index contributed by atoms with van der Waals surface area (Å²) in [6.45, 7) is 2.62. The Hall–Kier alpha value is -3.35. The first-order chi connectivity index (χ1) is 12.7. The van der Waals surface area contributed by atoms with Gasteiger partial charge in [-0.2, -0.15) is 5.10 Å². The van der Waals surface area contributed by atoms with E-state index in [1.54, 1.807) is 25.7 Å². The van der Waals surface area contributed by atoms with Crippen molar-refractivity contribution in [2.75, 3.05) is 13.7 Å². The van der Waals surface area contributed by atoms with Gasteiger partial charge in [-0.25, -0.2) is 5.43 Å². The number of aliphatic imine (C=N–C) groups is 1. The van der Waals surface area contributed by atoms with Crippen LogP contribution in [0.2, 0.25) is 0 Å². The van der Waals surface area contributed by atoms with Crippen LogP contribution in [0.25, 0.3) is 10.9 Å². The highest BCUT2D eigenvalue weighted by Crippen LogP contribution is 2.26. The Morgan fingerprint density at radius 1 is 1.35 bits per heavy atom. The summed E-state index contributed by atoms with van der Waals surface area (Å²) in [5.41, 5.74) is 12.9. The lowest BCUT2D eigenvalue weighted by Gasteiger charge is -2.03. The number of ether oxygens (including phenoxy) is 1. The molecule has 0 aliphatic carbocycles. The molecule has 3 aromatic rings. The fourth-order valence-electron chi connectivity index (χ4n) is 2.68. The molecule has 0 fully saturated rings. The summed E-state index contributed by atoms with van der Waals surface area (Å²) in [4.78, 5) is 11.5. The van der Waals surface area contributed by atoms with Gasteiger partial charge < -0.3 is 15.5 Å². The van der Waals surface area contributed by atoms with E-state index in [4.69, 9.17) is 10.5 Å². The molecule has 134 valence electrons. The van der Waals surface area contributed by atoms with E-state index in [-0.39, 0.29) is 5.96 Å². The van der Waals surface area contributed by atoms with Gasteiger partial charge in [-0.05, 0) is 48.7 Å². The number of hydrogen-bond donors (Lipinski definition) is 3. The third kappa shape index (κ3) is 4.18. The zero-order chi connectivity index (χ0) is 18.4.